The van der Waals surface area contributed by atoms with E-state index >= 15 is 0 Å². The lowest BCUT2D eigenvalue weighted by atomic mass is 10.1. The lowest BCUT2D eigenvalue weighted by Gasteiger charge is -2.20. The summed E-state index contributed by atoms with van der Waals surface area (Å²) in [6.07, 6.45) is 0.695. The number of methoxy groups -OCH3 is 2. The molecule has 0 fully saturated rings. The molecule has 0 unspecified atom stereocenters. The summed E-state index contributed by atoms with van der Waals surface area (Å²) in [6.45, 7) is 4.19. The fourth-order valence-electron chi connectivity index (χ4n) is 3.58. The Morgan fingerprint density at radius 3 is 2.44 bits per heavy atom. The van der Waals surface area contributed by atoms with Crippen LogP contribution in [0.3, 0.4) is 0 Å². The Kier molecular flexibility index (Phi) is 5.64. The molecule has 2 heterocycles. The van der Waals surface area contributed by atoms with Gasteiger partial charge in [-0.2, -0.15) is 0 Å². The molecule has 0 radical (unpaired) electrons. The van der Waals surface area contributed by atoms with Gasteiger partial charge >= 0.3 is 0 Å². The topological polar surface area (TPSA) is 98.9 Å². The van der Waals surface area contributed by atoms with Gasteiger partial charge in [-0.3, -0.25) is 4.40 Å². The Morgan fingerprint density at radius 1 is 1.03 bits per heavy atom. The zero-order chi connectivity index (χ0) is 23.0. The van der Waals surface area contributed by atoms with Gasteiger partial charge in [0.05, 0.1) is 30.1 Å². The zero-order valence-corrected chi connectivity index (χ0v) is 19.4. The van der Waals surface area contributed by atoms with Crippen LogP contribution in [0.25, 0.3) is 16.7 Å². The van der Waals surface area contributed by atoms with Crippen LogP contribution >= 0.6 is 0 Å². The molecular weight excluding hydrogens is 430 g/mol. The molecule has 32 heavy (non-hydrogen) atoms. The molecule has 0 saturated heterocycles. The number of hydrogen-bond donors (Lipinski definition) is 0. The number of aromatic nitrogens is 4. The molecule has 10 heteroatoms. The average Bonchev–Trinajstić information content (AvgIpc) is 3.20. The summed E-state index contributed by atoms with van der Waals surface area (Å²) in [5.41, 5.74) is 1.85. The minimum absolute atomic E-state index is 0.0488. The van der Waals surface area contributed by atoms with Crippen molar-refractivity contribution in [2.75, 3.05) is 25.6 Å². The minimum atomic E-state index is -3.97. The van der Waals surface area contributed by atoms with E-state index in [1.807, 2.05) is 28.7 Å². The summed E-state index contributed by atoms with van der Waals surface area (Å²) >= 11 is 0. The second-order valence-corrected chi connectivity index (χ2v) is 9.76. The molecule has 9 nitrogen and oxygen atoms in total. The van der Waals surface area contributed by atoms with Crippen molar-refractivity contribution in [2.24, 2.45) is 5.92 Å². The molecule has 0 amide bonds. The third-order valence-corrected chi connectivity index (χ3v) is 6.93. The van der Waals surface area contributed by atoms with Crippen molar-refractivity contribution in [3.8, 4) is 11.5 Å². The maximum Gasteiger partial charge on any atom is 0.265 e. The fourth-order valence-corrected chi connectivity index (χ4v) is 4.75. The standard InChI is InChI=1S/C22H25N5O4S/c1-14(2)12-20-24-25-22-21(23-16-8-6-7-9-17(16)27(20)22)26(3)32(28,29)15-10-11-18(30-4)19(13-15)31-5/h6-11,13-14H,12H2,1-5H3. The van der Waals surface area contributed by atoms with Crippen molar-refractivity contribution < 1.29 is 17.9 Å². The van der Waals surface area contributed by atoms with Crippen LogP contribution in [-0.4, -0.2) is 49.3 Å². The van der Waals surface area contributed by atoms with Crippen molar-refractivity contribution >= 4 is 32.5 Å². The molecule has 0 spiro atoms. The Balaban J connectivity index is 1.91. The van der Waals surface area contributed by atoms with E-state index < -0.39 is 10.0 Å². The Hall–Kier alpha value is -3.40. The third kappa shape index (κ3) is 3.60. The number of fused-ring (bicyclic) bond motifs is 3. The van der Waals surface area contributed by atoms with E-state index in [1.165, 1.54) is 33.4 Å². The van der Waals surface area contributed by atoms with E-state index in [4.69, 9.17) is 9.47 Å². The van der Waals surface area contributed by atoms with Gasteiger partial charge in [0, 0.05) is 19.5 Å². The number of anilines is 1. The third-order valence-electron chi connectivity index (χ3n) is 5.18. The first kappa shape index (κ1) is 21.8. The quantitative estimate of drug-likeness (QED) is 0.421. The second-order valence-electron chi connectivity index (χ2n) is 7.79. The predicted molar refractivity (Wildman–Crippen MR) is 122 cm³/mol. The first-order chi connectivity index (χ1) is 15.3. The van der Waals surface area contributed by atoms with E-state index in [2.05, 4.69) is 29.0 Å². The van der Waals surface area contributed by atoms with Gasteiger partial charge in [-0.25, -0.2) is 17.7 Å². The summed E-state index contributed by atoms with van der Waals surface area (Å²) in [6, 6.07) is 12.0. The zero-order valence-electron chi connectivity index (χ0n) is 18.6. The fraction of sp³-hybridized carbons (Fsp3) is 0.318. The van der Waals surface area contributed by atoms with E-state index in [-0.39, 0.29) is 10.7 Å². The van der Waals surface area contributed by atoms with E-state index in [0.29, 0.717) is 35.0 Å². The number of benzene rings is 2. The van der Waals surface area contributed by atoms with Gasteiger partial charge in [0.2, 0.25) is 5.65 Å². The highest BCUT2D eigenvalue weighted by Crippen LogP contribution is 2.33. The Morgan fingerprint density at radius 2 is 1.75 bits per heavy atom. The number of sulfonamides is 1. The van der Waals surface area contributed by atoms with Gasteiger partial charge < -0.3 is 9.47 Å². The molecule has 0 aliphatic heterocycles. The number of rotatable bonds is 7. The molecule has 0 saturated carbocycles. The van der Waals surface area contributed by atoms with Crippen LogP contribution in [0.5, 0.6) is 11.5 Å². The minimum Gasteiger partial charge on any atom is -0.493 e. The number of ether oxygens (including phenoxy) is 2. The molecule has 168 valence electrons. The molecular formula is C22H25N5O4S. The number of hydrogen-bond acceptors (Lipinski definition) is 7. The average molecular weight is 456 g/mol. The summed E-state index contributed by atoms with van der Waals surface area (Å²) in [5, 5.41) is 8.66. The lowest BCUT2D eigenvalue weighted by Crippen LogP contribution is -2.28. The van der Waals surface area contributed by atoms with Crippen molar-refractivity contribution in [1.82, 2.24) is 19.6 Å². The van der Waals surface area contributed by atoms with Crippen molar-refractivity contribution in [1.29, 1.82) is 0 Å². The van der Waals surface area contributed by atoms with Crippen LogP contribution < -0.4 is 13.8 Å². The summed E-state index contributed by atoms with van der Waals surface area (Å²) in [5.74, 6) is 2.06. The maximum atomic E-state index is 13.5. The number of nitrogens with zero attached hydrogens (tertiary/aromatic N) is 5. The maximum absolute atomic E-state index is 13.5. The SMILES string of the molecule is COc1ccc(S(=O)(=O)N(C)c2nc3ccccc3n3c(CC(C)C)nnc23)cc1OC. The van der Waals surface area contributed by atoms with Crippen molar-refractivity contribution in [3.05, 3.63) is 48.3 Å². The lowest BCUT2D eigenvalue weighted by molar-refractivity contribution is 0.354. The summed E-state index contributed by atoms with van der Waals surface area (Å²) in [7, 11) is 0.440. The highest BCUT2D eigenvalue weighted by atomic mass is 32.2. The second kappa shape index (κ2) is 8.27. The van der Waals surface area contributed by atoms with Crippen LogP contribution in [-0.2, 0) is 16.4 Å². The highest BCUT2D eigenvalue weighted by molar-refractivity contribution is 7.92. The molecule has 0 N–H and O–H groups in total. The highest BCUT2D eigenvalue weighted by Gasteiger charge is 2.28. The molecule has 4 rings (SSSR count). The molecule has 2 aromatic carbocycles. The van der Waals surface area contributed by atoms with Crippen molar-refractivity contribution in [2.45, 2.75) is 25.2 Å². The Labute approximate surface area is 186 Å². The van der Waals surface area contributed by atoms with Crippen LogP contribution in [0, 0.1) is 5.92 Å². The molecule has 2 aromatic heterocycles. The van der Waals surface area contributed by atoms with Gasteiger partial charge in [0.1, 0.15) is 5.82 Å². The monoisotopic (exact) mass is 455 g/mol. The van der Waals surface area contributed by atoms with Crippen LogP contribution in [0.15, 0.2) is 47.4 Å². The molecule has 0 aliphatic carbocycles. The number of para-hydroxylation sites is 2. The van der Waals surface area contributed by atoms with Crippen LogP contribution in [0.1, 0.15) is 19.7 Å². The van der Waals surface area contributed by atoms with Crippen LogP contribution in [0.4, 0.5) is 5.82 Å². The normalized spacial score (nSPS) is 11.9. The molecule has 0 atom stereocenters. The van der Waals surface area contributed by atoms with Gasteiger partial charge in [-0.05, 0) is 30.2 Å². The van der Waals surface area contributed by atoms with Gasteiger partial charge in [0.25, 0.3) is 10.0 Å². The summed E-state index contributed by atoms with van der Waals surface area (Å²) in [4.78, 5) is 4.68. The Bertz CT molecular complexity index is 1400. The van der Waals surface area contributed by atoms with Crippen LogP contribution in [0.2, 0.25) is 0 Å². The predicted octanol–water partition coefficient (Wildman–Crippen LogP) is 3.32. The van der Waals surface area contributed by atoms with Gasteiger partial charge in [0.15, 0.2) is 17.3 Å². The first-order valence-corrected chi connectivity index (χ1v) is 11.6. The first-order valence-electron chi connectivity index (χ1n) is 10.1. The molecule has 4 aromatic rings. The van der Waals surface area contributed by atoms with Gasteiger partial charge in [-0.15, -0.1) is 10.2 Å². The molecule has 0 bridgehead atoms. The van der Waals surface area contributed by atoms with E-state index in [0.717, 1.165) is 15.6 Å². The van der Waals surface area contributed by atoms with Gasteiger partial charge in [-0.1, -0.05) is 26.0 Å². The van der Waals surface area contributed by atoms with Crippen molar-refractivity contribution in [3.63, 3.8) is 0 Å². The largest absolute Gasteiger partial charge is 0.493 e. The van der Waals surface area contributed by atoms with E-state index in [9.17, 15) is 8.42 Å². The molecule has 0 aliphatic rings. The van der Waals surface area contributed by atoms with E-state index in [1.54, 1.807) is 6.07 Å². The smallest absolute Gasteiger partial charge is 0.265 e. The summed E-state index contributed by atoms with van der Waals surface area (Å²) < 4.78 is 40.5.